The van der Waals surface area contributed by atoms with Crippen molar-refractivity contribution in [2.24, 2.45) is 5.92 Å². The van der Waals surface area contributed by atoms with Gasteiger partial charge in [-0.25, -0.2) is 0 Å². The first-order chi connectivity index (χ1) is 16.6. The number of anilines is 1. The Balaban J connectivity index is 1.16. The minimum Gasteiger partial charge on any atom is -0.368 e. The van der Waals surface area contributed by atoms with E-state index in [1.54, 1.807) is 0 Å². The number of aromatic nitrogens is 2. The molecule has 1 atom stereocenters. The molecule has 2 aliphatic heterocycles. The summed E-state index contributed by atoms with van der Waals surface area (Å²) in [4.78, 5) is 24.5. The van der Waals surface area contributed by atoms with Crippen LogP contribution in [0.2, 0.25) is 5.02 Å². The summed E-state index contributed by atoms with van der Waals surface area (Å²) in [7, 11) is 0. The van der Waals surface area contributed by atoms with E-state index < -0.39 is 0 Å². The standard InChI is InChI=1S/C26H30ClN5O2/c1-19-6-2-3-10-23(19)25-28-24(34-29-25)18-30-11-5-7-20(17-30)26(33)32-14-12-31(13-15-32)22-9-4-8-21(27)16-22/h2-4,6,8-10,16,20H,5,7,11-15,17-18H2,1H3. The van der Waals surface area contributed by atoms with E-state index in [0.717, 1.165) is 73.9 Å². The van der Waals surface area contributed by atoms with Gasteiger partial charge in [0.05, 0.1) is 12.5 Å². The number of carbonyl (C=O) groups excluding carboxylic acids is 1. The van der Waals surface area contributed by atoms with E-state index in [-0.39, 0.29) is 11.8 Å². The molecule has 2 aliphatic rings. The first-order valence-electron chi connectivity index (χ1n) is 12.0. The van der Waals surface area contributed by atoms with Gasteiger partial charge >= 0.3 is 0 Å². The van der Waals surface area contributed by atoms with Crippen LogP contribution in [0.1, 0.15) is 24.3 Å². The second-order valence-corrected chi connectivity index (χ2v) is 9.63. The molecule has 1 aromatic heterocycles. The van der Waals surface area contributed by atoms with E-state index in [1.165, 1.54) is 0 Å². The number of hydrogen-bond donors (Lipinski definition) is 0. The minimum atomic E-state index is 0.0187. The quantitative estimate of drug-likeness (QED) is 0.544. The Hall–Kier alpha value is -2.90. The van der Waals surface area contributed by atoms with Crippen LogP contribution >= 0.6 is 11.6 Å². The molecule has 1 unspecified atom stereocenters. The number of amides is 1. The molecular weight excluding hydrogens is 450 g/mol. The van der Waals surface area contributed by atoms with Gasteiger partial charge in [0.2, 0.25) is 17.6 Å². The second kappa shape index (κ2) is 10.2. The molecule has 1 amide bonds. The number of halogens is 1. The van der Waals surface area contributed by atoms with Gasteiger partial charge in [-0.2, -0.15) is 4.98 Å². The van der Waals surface area contributed by atoms with Crippen molar-refractivity contribution < 1.29 is 9.32 Å². The van der Waals surface area contributed by atoms with E-state index in [4.69, 9.17) is 16.1 Å². The summed E-state index contributed by atoms with van der Waals surface area (Å²) in [6, 6.07) is 15.9. The Morgan fingerprint density at radius 1 is 1.09 bits per heavy atom. The maximum absolute atomic E-state index is 13.3. The van der Waals surface area contributed by atoms with Crippen LogP contribution in [-0.2, 0) is 11.3 Å². The average molecular weight is 480 g/mol. The fourth-order valence-electron chi connectivity index (χ4n) is 4.96. The van der Waals surface area contributed by atoms with Crippen molar-refractivity contribution in [1.82, 2.24) is 19.9 Å². The van der Waals surface area contributed by atoms with Crippen LogP contribution in [0.3, 0.4) is 0 Å². The Morgan fingerprint density at radius 2 is 1.91 bits per heavy atom. The molecule has 3 aromatic rings. The van der Waals surface area contributed by atoms with Gasteiger partial charge in [0.15, 0.2) is 0 Å². The van der Waals surface area contributed by atoms with Gasteiger partial charge in [0.25, 0.3) is 0 Å². The first kappa shape index (κ1) is 22.9. The fraction of sp³-hybridized carbons (Fsp3) is 0.423. The highest BCUT2D eigenvalue weighted by molar-refractivity contribution is 6.30. The molecule has 0 spiro atoms. The number of likely N-dealkylation sites (tertiary alicyclic amines) is 1. The van der Waals surface area contributed by atoms with Crippen LogP contribution in [0.25, 0.3) is 11.4 Å². The van der Waals surface area contributed by atoms with Gasteiger partial charge in [-0.15, -0.1) is 0 Å². The molecular formula is C26H30ClN5O2. The van der Waals surface area contributed by atoms with E-state index >= 15 is 0 Å². The Morgan fingerprint density at radius 3 is 2.71 bits per heavy atom. The molecule has 178 valence electrons. The van der Waals surface area contributed by atoms with Crippen molar-refractivity contribution in [3.63, 3.8) is 0 Å². The molecule has 0 N–H and O–H groups in total. The number of aryl methyl sites for hydroxylation is 1. The highest BCUT2D eigenvalue weighted by Crippen LogP contribution is 2.25. The van der Waals surface area contributed by atoms with Gasteiger partial charge in [-0.05, 0) is 50.1 Å². The molecule has 2 aromatic carbocycles. The lowest BCUT2D eigenvalue weighted by Gasteiger charge is -2.39. The smallest absolute Gasteiger partial charge is 0.241 e. The monoisotopic (exact) mass is 479 g/mol. The average Bonchev–Trinajstić information content (AvgIpc) is 3.32. The van der Waals surface area contributed by atoms with Crippen LogP contribution < -0.4 is 4.90 Å². The molecule has 0 aliphatic carbocycles. The molecule has 2 saturated heterocycles. The number of nitrogens with zero attached hydrogens (tertiary/aromatic N) is 5. The molecule has 0 saturated carbocycles. The van der Waals surface area contributed by atoms with Gasteiger partial charge in [-0.1, -0.05) is 47.1 Å². The first-order valence-corrected chi connectivity index (χ1v) is 12.3. The number of piperidine rings is 1. The Labute approximate surface area is 205 Å². The van der Waals surface area contributed by atoms with Crippen molar-refractivity contribution in [1.29, 1.82) is 0 Å². The third-order valence-electron chi connectivity index (χ3n) is 6.83. The molecule has 2 fully saturated rings. The fourth-order valence-corrected chi connectivity index (χ4v) is 5.14. The largest absolute Gasteiger partial charge is 0.368 e. The molecule has 7 nitrogen and oxygen atoms in total. The summed E-state index contributed by atoms with van der Waals surface area (Å²) < 4.78 is 5.54. The van der Waals surface area contributed by atoms with Gasteiger partial charge in [0.1, 0.15) is 0 Å². The second-order valence-electron chi connectivity index (χ2n) is 9.19. The molecule has 8 heteroatoms. The molecule has 0 radical (unpaired) electrons. The number of piperazine rings is 1. The van der Waals surface area contributed by atoms with Crippen LogP contribution in [-0.4, -0.2) is 65.1 Å². The zero-order chi connectivity index (χ0) is 23.5. The zero-order valence-electron chi connectivity index (χ0n) is 19.5. The lowest BCUT2D eigenvalue weighted by atomic mass is 9.96. The molecule has 5 rings (SSSR count). The topological polar surface area (TPSA) is 65.7 Å². The predicted octanol–water partition coefficient (Wildman–Crippen LogP) is 4.26. The van der Waals surface area contributed by atoms with E-state index in [0.29, 0.717) is 18.3 Å². The number of carbonyl (C=O) groups is 1. The lowest BCUT2D eigenvalue weighted by molar-refractivity contribution is -0.137. The molecule has 34 heavy (non-hydrogen) atoms. The summed E-state index contributed by atoms with van der Waals surface area (Å²) in [5.41, 5.74) is 3.23. The summed E-state index contributed by atoms with van der Waals surface area (Å²) in [6.07, 6.45) is 1.93. The Kier molecular flexibility index (Phi) is 6.83. The highest BCUT2D eigenvalue weighted by atomic mass is 35.5. The number of hydrogen-bond acceptors (Lipinski definition) is 6. The van der Waals surface area contributed by atoms with E-state index in [9.17, 15) is 4.79 Å². The van der Waals surface area contributed by atoms with Crippen molar-refractivity contribution >= 4 is 23.2 Å². The lowest BCUT2D eigenvalue weighted by Crippen LogP contribution is -2.52. The number of benzene rings is 2. The SMILES string of the molecule is Cc1ccccc1-c1noc(CN2CCCC(C(=O)N3CCN(c4cccc(Cl)c4)CC3)C2)n1. The van der Waals surface area contributed by atoms with Crippen molar-refractivity contribution in [2.45, 2.75) is 26.3 Å². The third kappa shape index (κ3) is 5.10. The maximum atomic E-state index is 13.3. The Bertz CT molecular complexity index is 1140. The third-order valence-corrected chi connectivity index (χ3v) is 7.07. The summed E-state index contributed by atoms with van der Waals surface area (Å²) in [6.45, 7) is 7.42. The molecule has 3 heterocycles. The van der Waals surface area contributed by atoms with Crippen LogP contribution in [0.15, 0.2) is 53.1 Å². The zero-order valence-corrected chi connectivity index (χ0v) is 20.2. The highest BCUT2D eigenvalue weighted by Gasteiger charge is 2.31. The van der Waals surface area contributed by atoms with Crippen LogP contribution in [0.5, 0.6) is 0 Å². The minimum absolute atomic E-state index is 0.0187. The van der Waals surface area contributed by atoms with Crippen molar-refractivity contribution in [2.75, 3.05) is 44.2 Å². The van der Waals surface area contributed by atoms with E-state index in [2.05, 4.69) is 26.0 Å². The summed E-state index contributed by atoms with van der Waals surface area (Å²) in [5, 5.41) is 4.92. The van der Waals surface area contributed by atoms with Gasteiger partial charge in [0, 0.05) is 49.0 Å². The van der Waals surface area contributed by atoms with Crippen LogP contribution in [0, 0.1) is 12.8 Å². The van der Waals surface area contributed by atoms with E-state index in [1.807, 2.05) is 54.3 Å². The molecule has 0 bridgehead atoms. The van der Waals surface area contributed by atoms with Crippen molar-refractivity contribution in [3.05, 3.63) is 65.0 Å². The van der Waals surface area contributed by atoms with Crippen LogP contribution in [0.4, 0.5) is 5.69 Å². The van der Waals surface area contributed by atoms with Gasteiger partial charge in [-0.3, -0.25) is 9.69 Å². The van der Waals surface area contributed by atoms with Crippen molar-refractivity contribution in [3.8, 4) is 11.4 Å². The normalized spacial score (nSPS) is 19.4. The predicted molar refractivity (Wildman–Crippen MR) is 133 cm³/mol. The number of rotatable bonds is 5. The summed E-state index contributed by atoms with van der Waals surface area (Å²) in [5.74, 6) is 1.50. The maximum Gasteiger partial charge on any atom is 0.241 e. The summed E-state index contributed by atoms with van der Waals surface area (Å²) >= 11 is 6.14. The van der Waals surface area contributed by atoms with Gasteiger partial charge < -0.3 is 14.3 Å².